The van der Waals surface area contributed by atoms with Crippen molar-refractivity contribution in [1.82, 2.24) is 4.98 Å². The molecule has 1 saturated carbocycles. The van der Waals surface area contributed by atoms with Crippen LogP contribution in [0.5, 0.6) is 0 Å². The second-order valence-electron chi connectivity index (χ2n) is 5.33. The fourth-order valence-corrected chi connectivity index (χ4v) is 3.00. The average molecular weight is 326 g/mol. The maximum absolute atomic E-state index is 13.0. The van der Waals surface area contributed by atoms with Crippen molar-refractivity contribution in [3.63, 3.8) is 0 Å². The lowest BCUT2D eigenvalue weighted by atomic mass is 10.0. The van der Waals surface area contributed by atoms with E-state index in [9.17, 15) is 18.0 Å². The highest BCUT2D eigenvalue weighted by molar-refractivity contribution is 7.14. The highest BCUT2D eigenvalue weighted by Gasteiger charge is 2.33. The third-order valence-corrected chi connectivity index (χ3v) is 4.17. The van der Waals surface area contributed by atoms with Gasteiger partial charge in [-0.05, 0) is 42.5 Å². The number of hydrogen-bond acceptors (Lipinski definition) is 3. The number of halogens is 3. The molecule has 7 heteroatoms. The van der Waals surface area contributed by atoms with Gasteiger partial charge in [0.05, 0.1) is 11.3 Å². The number of aromatic nitrogens is 1. The van der Waals surface area contributed by atoms with Gasteiger partial charge in [0.2, 0.25) is 5.91 Å². The van der Waals surface area contributed by atoms with Gasteiger partial charge < -0.3 is 5.32 Å². The zero-order chi connectivity index (χ0) is 15.9. The Balaban J connectivity index is 2.00. The molecule has 1 amide bonds. The molecule has 0 aliphatic heterocycles. The summed E-state index contributed by atoms with van der Waals surface area (Å²) in [5.41, 5.74) is 0.936. The van der Waals surface area contributed by atoms with Gasteiger partial charge in [-0.25, -0.2) is 4.98 Å². The molecule has 1 heterocycles. The summed E-state index contributed by atoms with van der Waals surface area (Å²) in [4.78, 5) is 15.2. The monoisotopic (exact) mass is 326 g/mol. The smallest absolute Gasteiger partial charge is 0.302 e. The minimum atomic E-state index is -4.38. The molecule has 116 valence electrons. The SMILES string of the molecule is CC(=O)Nc1nc(-c2cc(C3CC3)cc(C(F)(F)F)c2)cs1. The third-order valence-electron chi connectivity index (χ3n) is 3.41. The van der Waals surface area contributed by atoms with Gasteiger partial charge in [-0.1, -0.05) is 0 Å². The van der Waals surface area contributed by atoms with E-state index < -0.39 is 11.7 Å². The second kappa shape index (κ2) is 5.39. The molecule has 3 rings (SSSR count). The molecule has 0 unspecified atom stereocenters. The van der Waals surface area contributed by atoms with Gasteiger partial charge in [0.15, 0.2) is 5.13 Å². The van der Waals surface area contributed by atoms with E-state index in [0.29, 0.717) is 22.0 Å². The average Bonchev–Trinajstić information content (AvgIpc) is 3.18. The first kappa shape index (κ1) is 15.0. The molecule has 1 aliphatic rings. The molecule has 0 radical (unpaired) electrons. The summed E-state index contributed by atoms with van der Waals surface area (Å²) in [5, 5.41) is 4.57. The summed E-state index contributed by atoms with van der Waals surface area (Å²) in [6.45, 7) is 1.36. The molecule has 1 fully saturated rings. The Labute approximate surface area is 129 Å². The Kier molecular flexibility index (Phi) is 3.68. The third kappa shape index (κ3) is 3.30. The minimum Gasteiger partial charge on any atom is -0.302 e. The van der Waals surface area contributed by atoms with E-state index in [4.69, 9.17) is 0 Å². The molecular weight excluding hydrogens is 313 g/mol. The first-order valence-corrected chi connectivity index (χ1v) is 7.66. The largest absolute Gasteiger partial charge is 0.416 e. The van der Waals surface area contributed by atoms with Gasteiger partial charge in [0.25, 0.3) is 0 Å². The van der Waals surface area contributed by atoms with Crippen LogP contribution in [-0.4, -0.2) is 10.9 Å². The maximum Gasteiger partial charge on any atom is 0.416 e. The van der Waals surface area contributed by atoms with Crippen molar-refractivity contribution < 1.29 is 18.0 Å². The first-order chi connectivity index (χ1) is 10.3. The van der Waals surface area contributed by atoms with E-state index in [0.717, 1.165) is 18.9 Å². The molecule has 0 bridgehead atoms. The molecule has 0 atom stereocenters. The molecule has 1 N–H and O–H groups in total. The van der Waals surface area contributed by atoms with Crippen LogP contribution in [0, 0.1) is 0 Å². The highest BCUT2D eigenvalue weighted by Crippen LogP contribution is 2.44. The Morgan fingerprint density at radius 1 is 1.32 bits per heavy atom. The highest BCUT2D eigenvalue weighted by atomic mass is 32.1. The Hall–Kier alpha value is -1.89. The molecule has 0 spiro atoms. The number of rotatable bonds is 3. The van der Waals surface area contributed by atoms with Crippen LogP contribution in [0.15, 0.2) is 23.6 Å². The molecule has 1 aromatic heterocycles. The normalized spacial score (nSPS) is 14.9. The van der Waals surface area contributed by atoms with Crippen LogP contribution in [0.2, 0.25) is 0 Å². The van der Waals surface area contributed by atoms with Crippen LogP contribution < -0.4 is 5.32 Å². The number of nitrogens with zero attached hydrogens (tertiary/aromatic N) is 1. The summed E-state index contributed by atoms with van der Waals surface area (Å²) in [6.07, 6.45) is -2.53. The predicted molar refractivity (Wildman–Crippen MR) is 78.8 cm³/mol. The van der Waals surface area contributed by atoms with Crippen molar-refractivity contribution in [2.75, 3.05) is 5.32 Å². The van der Waals surface area contributed by atoms with E-state index in [1.165, 1.54) is 24.3 Å². The number of anilines is 1. The lowest BCUT2D eigenvalue weighted by molar-refractivity contribution is -0.137. The summed E-state index contributed by atoms with van der Waals surface area (Å²) >= 11 is 1.19. The number of nitrogens with one attached hydrogen (secondary N) is 1. The molecule has 22 heavy (non-hydrogen) atoms. The van der Waals surface area contributed by atoms with Gasteiger partial charge in [0.1, 0.15) is 0 Å². The number of alkyl halides is 3. The van der Waals surface area contributed by atoms with Crippen LogP contribution in [0.4, 0.5) is 18.3 Å². The molecular formula is C15H13F3N2OS. The minimum absolute atomic E-state index is 0.217. The fourth-order valence-electron chi connectivity index (χ4n) is 2.23. The summed E-state index contributed by atoms with van der Waals surface area (Å²) in [6, 6.07) is 4.10. The standard InChI is InChI=1S/C15H13F3N2OS/c1-8(21)19-14-20-13(7-22-14)11-4-10(9-2-3-9)5-12(6-11)15(16,17)18/h4-7,9H,2-3H2,1H3,(H,19,20,21). The number of benzene rings is 1. The maximum atomic E-state index is 13.0. The fraction of sp³-hybridized carbons (Fsp3) is 0.333. The van der Waals surface area contributed by atoms with Crippen LogP contribution in [0.25, 0.3) is 11.3 Å². The Morgan fingerprint density at radius 3 is 2.64 bits per heavy atom. The molecule has 1 aliphatic carbocycles. The van der Waals surface area contributed by atoms with E-state index in [1.807, 2.05) is 0 Å². The first-order valence-electron chi connectivity index (χ1n) is 6.78. The number of amides is 1. The number of carbonyl (C=O) groups excluding carboxylic acids is 1. The quantitative estimate of drug-likeness (QED) is 0.891. The summed E-state index contributed by atoms with van der Waals surface area (Å²) in [5.74, 6) is -0.0434. The number of carbonyl (C=O) groups is 1. The van der Waals surface area contributed by atoms with Gasteiger partial charge in [-0.3, -0.25) is 4.79 Å². The zero-order valence-corrected chi connectivity index (χ0v) is 12.5. The summed E-state index contributed by atoms with van der Waals surface area (Å²) in [7, 11) is 0. The van der Waals surface area contributed by atoms with Crippen LogP contribution in [-0.2, 0) is 11.0 Å². The Morgan fingerprint density at radius 2 is 2.05 bits per heavy atom. The van der Waals surface area contributed by atoms with Gasteiger partial charge in [-0.2, -0.15) is 13.2 Å². The van der Waals surface area contributed by atoms with Crippen LogP contribution >= 0.6 is 11.3 Å². The van der Waals surface area contributed by atoms with Gasteiger partial charge in [0, 0.05) is 17.9 Å². The second-order valence-corrected chi connectivity index (χ2v) is 6.19. The van der Waals surface area contributed by atoms with E-state index in [-0.39, 0.29) is 11.8 Å². The zero-order valence-electron chi connectivity index (χ0n) is 11.7. The molecule has 0 saturated heterocycles. The van der Waals surface area contributed by atoms with Crippen LogP contribution in [0.3, 0.4) is 0 Å². The number of hydrogen-bond donors (Lipinski definition) is 1. The van der Waals surface area contributed by atoms with Crippen molar-refractivity contribution >= 4 is 22.4 Å². The Bertz CT molecular complexity index is 720. The molecule has 2 aromatic rings. The van der Waals surface area contributed by atoms with Crippen molar-refractivity contribution in [2.24, 2.45) is 0 Å². The van der Waals surface area contributed by atoms with Crippen LogP contribution in [0.1, 0.15) is 36.8 Å². The number of thiazole rings is 1. The molecule has 3 nitrogen and oxygen atoms in total. The van der Waals surface area contributed by atoms with E-state index >= 15 is 0 Å². The van der Waals surface area contributed by atoms with Gasteiger partial charge >= 0.3 is 6.18 Å². The topological polar surface area (TPSA) is 42.0 Å². The van der Waals surface area contributed by atoms with E-state index in [1.54, 1.807) is 11.4 Å². The van der Waals surface area contributed by atoms with Crippen molar-refractivity contribution in [3.05, 3.63) is 34.7 Å². The van der Waals surface area contributed by atoms with Gasteiger partial charge in [-0.15, -0.1) is 11.3 Å². The van der Waals surface area contributed by atoms with Crippen molar-refractivity contribution in [3.8, 4) is 11.3 Å². The predicted octanol–water partition coefficient (Wildman–Crippen LogP) is 4.66. The molecule has 1 aromatic carbocycles. The van der Waals surface area contributed by atoms with Crippen molar-refractivity contribution in [1.29, 1.82) is 0 Å². The van der Waals surface area contributed by atoms with Crippen molar-refractivity contribution in [2.45, 2.75) is 31.9 Å². The van der Waals surface area contributed by atoms with E-state index in [2.05, 4.69) is 10.3 Å². The summed E-state index contributed by atoms with van der Waals surface area (Å²) < 4.78 is 39.1. The lowest BCUT2D eigenvalue weighted by Crippen LogP contribution is -2.06. The lowest BCUT2D eigenvalue weighted by Gasteiger charge is -2.11.